The van der Waals surface area contributed by atoms with Gasteiger partial charge in [-0.3, -0.25) is 14.4 Å². The second-order valence-electron chi connectivity index (χ2n) is 5.31. The van der Waals surface area contributed by atoms with Crippen LogP contribution in [0.3, 0.4) is 0 Å². The summed E-state index contributed by atoms with van der Waals surface area (Å²) in [5.41, 5.74) is 0.123. The van der Waals surface area contributed by atoms with Gasteiger partial charge in [0.25, 0.3) is 5.91 Å². The van der Waals surface area contributed by atoms with E-state index in [0.717, 1.165) is 0 Å². The first-order valence-corrected chi connectivity index (χ1v) is 5.39. The summed E-state index contributed by atoms with van der Waals surface area (Å²) >= 11 is 0. The van der Waals surface area contributed by atoms with E-state index in [1.54, 1.807) is 0 Å². The molecule has 1 N–H and O–H groups in total. The Hall–Kier alpha value is -1.10. The normalized spacial score (nSPS) is 39.6. The maximum absolute atomic E-state index is 12.0. The molecular formula is C11H17NO4. The summed E-state index contributed by atoms with van der Waals surface area (Å²) in [4.78, 5) is 28.5. The highest BCUT2D eigenvalue weighted by molar-refractivity contribution is 5.95. The number of ether oxygens (including phenoxy) is 1. The van der Waals surface area contributed by atoms with Crippen molar-refractivity contribution in [2.24, 2.45) is 10.8 Å². The van der Waals surface area contributed by atoms with Gasteiger partial charge in [0.1, 0.15) is 0 Å². The number of hydrogen-bond acceptors (Lipinski definition) is 4. The fraction of sp³-hybridized carbons (Fsp3) is 0.818. The predicted molar refractivity (Wildman–Crippen MR) is 55.1 cm³/mol. The molecule has 90 valence electrons. The lowest BCUT2D eigenvalue weighted by molar-refractivity contribution is -0.173. The number of nitrogens with one attached hydrogen (secondary N) is 1. The van der Waals surface area contributed by atoms with Gasteiger partial charge in [-0.25, -0.2) is 5.48 Å². The van der Waals surface area contributed by atoms with Crippen LogP contribution in [0.4, 0.5) is 0 Å². The van der Waals surface area contributed by atoms with Crippen LogP contribution in [0.25, 0.3) is 0 Å². The zero-order valence-corrected chi connectivity index (χ0v) is 10.0. The largest absolute Gasteiger partial charge is 0.448 e. The number of carbonyl (C=O) groups is 2. The van der Waals surface area contributed by atoms with E-state index in [1.165, 1.54) is 7.11 Å². The van der Waals surface area contributed by atoms with Crippen molar-refractivity contribution in [3.63, 3.8) is 0 Å². The van der Waals surface area contributed by atoms with Crippen LogP contribution in [0.1, 0.15) is 33.6 Å². The Morgan fingerprint density at radius 2 is 2.00 bits per heavy atom. The van der Waals surface area contributed by atoms with Gasteiger partial charge in [0, 0.05) is 5.41 Å². The third-order valence-corrected chi connectivity index (χ3v) is 4.65. The summed E-state index contributed by atoms with van der Waals surface area (Å²) in [7, 11) is 1.37. The highest BCUT2D eigenvalue weighted by Crippen LogP contribution is 2.65. The highest BCUT2D eigenvalue weighted by atomic mass is 16.6. The Morgan fingerprint density at radius 1 is 1.38 bits per heavy atom. The van der Waals surface area contributed by atoms with Crippen molar-refractivity contribution in [2.45, 2.75) is 39.2 Å². The number of rotatable bonds is 2. The summed E-state index contributed by atoms with van der Waals surface area (Å²) < 4.78 is 5.35. The first-order chi connectivity index (χ1) is 7.32. The molecule has 0 aromatic rings. The van der Waals surface area contributed by atoms with E-state index in [1.807, 2.05) is 20.8 Å². The van der Waals surface area contributed by atoms with Gasteiger partial charge in [-0.2, -0.15) is 0 Å². The molecule has 1 saturated heterocycles. The van der Waals surface area contributed by atoms with Crippen LogP contribution in [0.15, 0.2) is 0 Å². The molecule has 0 aromatic carbocycles. The van der Waals surface area contributed by atoms with Crippen LogP contribution in [-0.2, 0) is 19.2 Å². The van der Waals surface area contributed by atoms with Gasteiger partial charge >= 0.3 is 5.97 Å². The van der Waals surface area contributed by atoms with E-state index in [4.69, 9.17) is 4.74 Å². The van der Waals surface area contributed by atoms with E-state index >= 15 is 0 Å². The van der Waals surface area contributed by atoms with E-state index < -0.39 is 16.4 Å². The van der Waals surface area contributed by atoms with Crippen molar-refractivity contribution in [1.82, 2.24) is 5.48 Å². The smallest absolute Gasteiger partial charge is 0.313 e. The molecule has 0 spiro atoms. The fourth-order valence-corrected chi connectivity index (χ4v) is 2.92. The van der Waals surface area contributed by atoms with Crippen LogP contribution >= 0.6 is 0 Å². The van der Waals surface area contributed by atoms with Gasteiger partial charge in [0.05, 0.1) is 12.5 Å². The van der Waals surface area contributed by atoms with Crippen LogP contribution in [-0.4, -0.2) is 24.6 Å². The Bertz CT molecular complexity index is 365. The van der Waals surface area contributed by atoms with Gasteiger partial charge < -0.3 is 4.74 Å². The molecular weight excluding hydrogens is 210 g/mol. The Kier molecular flexibility index (Phi) is 2.11. The molecule has 0 radical (unpaired) electrons. The molecule has 2 rings (SSSR count). The standard InChI is InChI=1S/C11H17NO4/c1-9(2)10(3)5-6-11(9,16-8(10)14)7(13)12-15-4/h5-6H2,1-4H3,(H,12,13). The summed E-state index contributed by atoms with van der Waals surface area (Å²) in [5.74, 6) is -0.649. The molecule has 2 unspecified atom stereocenters. The third-order valence-electron chi connectivity index (χ3n) is 4.65. The van der Waals surface area contributed by atoms with E-state index in [-0.39, 0.29) is 11.9 Å². The average molecular weight is 227 g/mol. The number of esters is 1. The topological polar surface area (TPSA) is 64.6 Å². The quantitative estimate of drug-likeness (QED) is 0.559. The molecule has 1 aliphatic heterocycles. The van der Waals surface area contributed by atoms with Crippen LogP contribution in [0, 0.1) is 10.8 Å². The van der Waals surface area contributed by atoms with Gasteiger partial charge in [-0.15, -0.1) is 0 Å². The molecule has 2 atom stereocenters. The zero-order chi connectivity index (χ0) is 12.2. The van der Waals surface area contributed by atoms with Crippen molar-refractivity contribution >= 4 is 11.9 Å². The number of hydrogen-bond donors (Lipinski definition) is 1. The van der Waals surface area contributed by atoms with Gasteiger partial charge in [-0.05, 0) is 19.8 Å². The molecule has 0 aromatic heterocycles. The monoisotopic (exact) mass is 227 g/mol. The Morgan fingerprint density at radius 3 is 2.38 bits per heavy atom. The van der Waals surface area contributed by atoms with Crippen molar-refractivity contribution < 1.29 is 19.2 Å². The Balaban J connectivity index is 2.44. The molecule has 5 heteroatoms. The molecule has 1 aliphatic carbocycles. The van der Waals surface area contributed by atoms with Crippen molar-refractivity contribution in [3.8, 4) is 0 Å². The molecule has 1 amide bonds. The minimum absolute atomic E-state index is 0.282. The summed E-state index contributed by atoms with van der Waals surface area (Å²) in [6, 6.07) is 0. The third kappa shape index (κ3) is 0.948. The second kappa shape index (κ2) is 2.97. The summed E-state index contributed by atoms with van der Waals surface area (Å²) in [6.45, 7) is 5.67. The van der Waals surface area contributed by atoms with E-state index in [0.29, 0.717) is 12.8 Å². The lowest BCUT2D eigenvalue weighted by Gasteiger charge is -2.34. The predicted octanol–water partition coefficient (Wildman–Crippen LogP) is 0.786. The number of carbonyl (C=O) groups excluding carboxylic acids is 2. The van der Waals surface area contributed by atoms with Crippen LogP contribution < -0.4 is 5.48 Å². The summed E-state index contributed by atoms with van der Waals surface area (Å²) in [5, 5.41) is 0. The minimum atomic E-state index is -1.07. The van der Waals surface area contributed by atoms with Gasteiger partial charge in [-0.1, -0.05) is 13.8 Å². The highest BCUT2D eigenvalue weighted by Gasteiger charge is 2.75. The second-order valence-corrected chi connectivity index (χ2v) is 5.31. The fourth-order valence-electron chi connectivity index (χ4n) is 2.92. The van der Waals surface area contributed by atoms with Gasteiger partial charge in [0.15, 0.2) is 5.60 Å². The van der Waals surface area contributed by atoms with Crippen LogP contribution in [0.5, 0.6) is 0 Å². The zero-order valence-electron chi connectivity index (χ0n) is 10.0. The number of amides is 1. The maximum atomic E-state index is 12.0. The SMILES string of the molecule is CONC(=O)C12CCC(C)(C(=O)O1)C2(C)C. The molecule has 2 aliphatic rings. The minimum Gasteiger partial charge on any atom is -0.448 e. The Labute approximate surface area is 94.4 Å². The van der Waals surface area contributed by atoms with Crippen molar-refractivity contribution in [1.29, 1.82) is 0 Å². The van der Waals surface area contributed by atoms with Crippen LogP contribution in [0.2, 0.25) is 0 Å². The first-order valence-electron chi connectivity index (χ1n) is 5.39. The maximum Gasteiger partial charge on any atom is 0.313 e. The molecule has 5 nitrogen and oxygen atoms in total. The van der Waals surface area contributed by atoms with Crippen molar-refractivity contribution in [3.05, 3.63) is 0 Å². The average Bonchev–Trinajstić information content (AvgIpc) is 2.48. The molecule has 16 heavy (non-hydrogen) atoms. The molecule has 2 bridgehead atoms. The lowest BCUT2D eigenvalue weighted by atomic mass is 9.66. The number of fused-ring (bicyclic) bond motifs is 2. The number of hydroxylamine groups is 1. The van der Waals surface area contributed by atoms with E-state index in [9.17, 15) is 9.59 Å². The van der Waals surface area contributed by atoms with Gasteiger partial charge in [0.2, 0.25) is 0 Å². The molecule has 1 heterocycles. The first kappa shape index (κ1) is 11.4. The lowest BCUT2D eigenvalue weighted by Crippen LogP contribution is -2.53. The van der Waals surface area contributed by atoms with Crippen molar-refractivity contribution in [2.75, 3.05) is 7.11 Å². The summed E-state index contributed by atoms with van der Waals surface area (Å²) in [6.07, 6.45) is 1.23. The molecule has 1 saturated carbocycles. The molecule has 2 fully saturated rings. The van der Waals surface area contributed by atoms with E-state index in [2.05, 4.69) is 10.3 Å².